The van der Waals surface area contributed by atoms with Gasteiger partial charge in [0.2, 0.25) is 0 Å². The van der Waals surface area contributed by atoms with Crippen molar-refractivity contribution in [3.05, 3.63) is 51.7 Å². The van der Waals surface area contributed by atoms with Gasteiger partial charge in [0.05, 0.1) is 11.1 Å². The van der Waals surface area contributed by atoms with Gasteiger partial charge in [-0.1, -0.05) is 0 Å². The predicted molar refractivity (Wildman–Crippen MR) is 72.2 cm³/mol. The van der Waals surface area contributed by atoms with Gasteiger partial charge in [-0.15, -0.1) is 0 Å². The van der Waals surface area contributed by atoms with Crippen molar-refractivity contribution >= 4 is 17.0 Å². The van der Waals surface area contributed by atoms with Crippen LogP contribution in [0.15, 0.2) is 35.0 Å². The lowest BCUT2D eigenvalue weighted by Crippen LogP contribution is -2.05. The molecular formula is C14H11N3S. The predicted octanol–water partition coefficient (Wildman–Crippen LogP) is 3.66. The van der Waals surface area contributed by atoms with Crippen molar-refractivity contribution in [3.63, 3.8) is 0 Å². The molecule has 1 unspecified atom stereocenters. The third-order valence-electron chi connectivity index (χ3n) is 2.69. The maximum Gasteiger partial charge on any atom is 0.101 e. The summed E-state index contributed by atoms with van der Waals surface area (Å²) in [5, 5.41) is 25.3. The van der Waals surface area contributed by atoms with E-state index in [1.165, 1.54) is 5.56 Å². The summed E-state index contributed by atoms with van der Waals surface area (Å²) < 4.78 is 0. The molecule has 1 heterocycles. The van der Waals surface area contributed by atoms with Gasteiger partial charge in [0.15, 0.2) is 0 Å². The van der Waals surface area contributed by atoms with Crippen molar-refractivity contribution in [2.75, 3.05) is 5.32 Å². The highest BCUT2D eigenvalue weighted by molar-refractivity contribution is 7.07. The number of rotatable bonds is 3. The summed E-state index contributed by atoms with van der Waals surface area (Å²) in [6.45, 7) is 2.06. The summed E-state index contributed by atoms with van der Waals surface area (Å²) in [7, 11) is 0. The third-order valence-corrected chi connectivity index (χ3v) is 3.39. The van der Waals surface area contributed by atoms with Crippen molar-refractivity contribution < 1.29 is 0 Å². The van der Waals surface area contributed by atoms with Gasteiger partial charge >= 0.3 is 0 Å². The van der Waals surface area contributed by atoms with E-state index in [2.05, 4.69) is 23.7 Å². The average Bonchev–Trinajstić information content (AvgIpc) is 2.92. The molecule has 0 saturated heterocycles. The Bertz CT molecular complexity index is 617. The molecule has 18 heavy (non-hydrogen) atoms. The summed E-state index contributed by atoms with van der Waals surface area (Å²) in [6, 6.07) is 11.5. The molecule has 0 aliphatic carbocycles. The van der Waals surface area contributed by atoms with E-state index in [4.69, 9.17) is 10.5 Å². The zero-order chi connectivity index (χ0) is 13.0. The highest BCUT2D eigenvalue weighted by Gasteiger charge is 2.07. The fourth-order valence-corrected chi connectivity index (χ4v) is 2.43. The van der Waals surface area contributed by atoms with E-state index >= 15 is 0 Å². The van der Waals surface area contributed by atoms with Gasteiger partial charge < -0.3 is 5.32 Å². The van der Waals surface area contributed by atoms with Crippen LogP contribution in [0.4, 0.5) is 5.69 Å². The molecule has 1 aromatic heterocycles. The zero-order valence-corrected chi connectivity index (χ0v) is 10.7. The topological polar surface area (TPSA) is 59.6 Å². The first-order valence-corrected chi connectivity index (χ1v) is 6.41. The first-order valence-electron chi connectivity index (χ1n) is 5.47. The lowest BCUT2D eigenvalue weighted by atomic mass is 10.1. The van der Waals surface area contributed by atoms with Gasteiger partial charge in [-0.2, -0.15) is 21.9 Å². The lowest BCUT2D eigenvalue weighted by molar-refractivity contribution is 0.890. The number of nitriles is 2. The number of hydrogen-bond acceptors (Lipinski definition) is 4. The molecule has 0 aliphatic rings. The molecule has 4 heteroatoms. The van der Waals surface area contributed by atoms with Crippen LogP contribution in [0.3, 0.4) is 0 Å². The number of benzene rings is 1. The lowest BCUT2D eigenvalue weighted by Gasteiger charge is -2.14. The van der Waals surface area contributed by atoms with Crippen molar-refractivity contribution in [1.29, 1.82) is 10.5 Å². The Kier molecular flexibility index (Phi) is 3.62. The van der Waals surface area contributed by atoms with Gasteiger partial charge in [0.25, 0.3) is 0 Å². The summed E-state index contributed by atoms with van der Waals surface area (Å²) in [4.78, 5) is 0. The highest BCUT2D eigenvalue weighted by Crippen LogP contribution is 2.22. The van der Waals surface area contributed by atoms with E-state index in [1.54, 1.807) is 23.5 Å². The van der Waals surface area contributed by atoms with Crippen LogP contribution in [0.1, 0.15) is 29.7 Å². The molecule has 0 amide bonds. The smallest absolute Gasteiger partial charge is 0.101 e. The van der Waals surface area contributed by atoms with Crippen LogP contribution in [0.2, 0.25) is 0 Å². The second kappa shape index (κ2) is 5.35. The Balaban J connectivity index is 2.21. The van der Waals surface area contributed by atoms with Crippen LogP contribution >= 0.6 is 11.3 Å². The average molecular weight is 253 g/mol. The van der Waals surface area contributed by atoms with Crippen LogP contribution in [-0.4, -0.2) is 0 Å². The van der Waals surface area contributed by atoms with E-state index in [1.807, 2.05) is 23.6 Å². The number of nitrogens with zero attached hydrogens (tertiary/aromatic N) is 2. The maximum atomic E-state index is 8.96. The van der Waals surface area contributed by atoms with Crippen LogP contribution in [0.25, 0.3) is 0 Å². The molecule has 88 valence electrons. The zero-order valence-electron chi connectivity index (χ0n) is 9.84. The summed E-state index contributed by atoms with van der Waals surface area (Å²) >= 11 is 1.66. The standard InChI is InChI=1S/C14H11N3S/c1-10(12-4-5-18-9-12)17-14-3-2-11(7-15)13(6-14)8-16/h2-6,9-10,17H,1H3. The highest BCUT2D eigenvalue weighted by atomic mass is 32.1. The second-order valence-electron chi connectivity index (χ2n) is 3.91. The fraction of sp³-hybridized carbons (Fsp3) is 0.143. The third kappa shape index (κ3) is 2.51. The van der Waals surface area contributed by atoms with Crippen LogP contribution in [0.5, 0.6) is 0 Å². The van der Waals surface area contributed by atoms with Crippen molar-refractivity contribution in [3.8, 4) is 12.1 Å². The van der Waals surface area contributed by atoms with Crippen LogP contribution in [-0.2, 0) is 0 Å². The molecule has 2 aromatic rings. The summed E-state index contributed by atoms with van der Waals surface area (Å²) in [6.07, 6.45) is 0. The maximum absolute atomic E-state index is 8.96. The van der Waals surface area contributed by atoms with E-state index in [9.17, 15) is 0 Å². The molecule has 0 spiro atoms. The minimum absolute atomic E-state index is 0.177. The molecule has 0 aliphatic heterocycles. The number of thiophene rings is 1. The molecule has 0 fully saturated rings. The van der Waals surface area contributed by atoms with Gasteiger partial charge in [0.1, 0.15) is 12.1 Å². The Morgan fingerprint density at radius 1 is 1.17 bits per heavy atom. The van der Waals surface area contributed by atoms with Crippen molar-refractivity contribution in [2.45, 2.75) is 13.0 Å². The summed E-state index contributed by atoms with van der Waals surface area (Å²) in [5.41, 5.74) is 2.87. The van der Waals surface area contributed by atoms with Gasteiger partial charge in [-0.3, -0.25) is 0 Å². The Morgan fingerprint density at radius 3 is 2.56 bits per heavy atom. The Hall–Kier alpha value is -2.30. The minimum atomic E-state index is 0.177. The molecular weight excluding hydrogens is 242 g/mol. The molecule has 0 saturated carbocycles. The molecule has 1 N–H and O–H groups in total. The molecule has 1 aromatic carbocycles. The Labute approximate surface area is 110 Å². The van der Waals surface area contributed by atoms with Gasteiger partial charge in [-0.05, 0) is 47.5 Å². The SMILES string of the molecule is CC(Nc1ccc(C#N)c(C#N)c1)c1ccsc1. The second-order valence-corrected chi connectivity index (χ2v) is 4.69. The fourth-order valence-electron chi connectivity index (χ4n) is 1.68. The van der Waals surface area contributed by atoms with E-state index < -0.39 is 0 Å². The van der Waals surface area contributed by atoms with E-state index in [-0.39, 0.29) is 6.04 Å². The first-order chi connectivity index (χ1) is 8.74. The summed E-state index contributed by atoms with van der Waals surface area (Å²) in [5.74, 6) is 0. The number of hydrogen-bond donors (Lipinski definition) is 1. The van der Waals surface area contributed by atoms with Crippen molar-refractivity contribution in [1.82, 2.24) is 0 Å². The minimum Gasteiger partial charge on any atom is -0.378 e. The van der Waals surface area contributed by atoms with Crippen LogP contribution < -0.4 is 5.32 Å². The number of nitrogens with one attached hydrogen (secondary N) is 1. The van der Waals surface area contributed by atoms with E-state index in [0.717, 1.165) is 5.69 Å². The van der Waals surface area contributed by atoms with Gasteiger partial charge in [-0.25, -0.2) is 0 Å². The molecule has 1 atom stereocenters. The van der Waals surface area contributed by atoms with Gasteiger partial charge in [0, 0.05) is 11.7 Å². The molecule has 3 nitrogen and oxygen atoms in total. The quantitative estimate of drug-likeness (QED) is 0.908. The Morgan fingerprint density at radius 2 is 1.94 bits per heavy atom. The molecule has 2 rings (SSSR count). The molecule has 0 radical (unpaired) electrons. The van der Waals surface area contributed by atoms with E-state index in [0.29, 0.717) is 11.1 Å². The van der Waals surface area contributed by atoms with Crippen LogP contribution in [0, 0.1) is 22.7 Å². The monoisotopic (exact) mass is 253 g/mol. The normalized spacial score (nSPS) is 11.3. The number of anilines is 1. The first kappa shape index (κ1) is 12.2. The van der Waals surface area contributed by atoms with Crippen molar-refractivity contribution in [2.24, 2.45) is 0 Å². The largest absolute Gasteiger partial charge is 0.378 e. The molecule has 0 bridgehead atoms.